The van der Waals surface area contributed by atoms with E-state index < -0.39 is 93.2 Å². The van der Waals surface area contributed by atoms with Gasteiger partial charge in [0, 0.05) is 33.0 Å². The van der Waals surface area contributed by atoms with Crippen molar-refractivity contribution in [2.45, 2.75) is 58.3 Å². The van der Waals surface area contributed by atoms with Crippen molar-refractivity contribution in [2.24, 2.45) is 0 Å². The molecular weight excluding hydrogens is 676 g/mol. The number of methoxy groups -OCH3 is 1. The number of rotatable bonds is 28. The minimum atomic E-state index is -1.10. The van der Waals surface area contributed by atoms with Crippen LogP contribution in [-0.4, -0.2) is 132 Å². The number of amides is 2. The Labute approximate surface area is 287 Å². The zero-order valence-electron chi connectivity index (χ0n) is 28.1. The van der Waals surface area contributed by atoms with Crippen LogP contribution in [-0.2, 0) is 85.8 Å². The predicted molar refractivity (Wildman–Crippen MR) is 162 cm³/mol. The normalized spacial score (nSPS) is 10.1. The summed E-state index contributed by atoms with van der Waals surface area (Å²) in [6, 6.07) is 0. The van der Waals surface area contributed by atoms with Crippen LogP contribution in [0.3, 0.4) is 0 Å². The summed E-state index contributed by atoms with van der Waals surface area (Å²) in [4.78, 5) is 115. The Morgan fingerprint density at radius 2 is 0.700 bits per heavy atom. The second kappa shape index (κ2) is 28.8. The number of carbonyl (C=O) groups excluding carboxylic acids is 10. The number of hydrogen-bond donors (Lipinski definition) is 2. The summed E-state index contributed by atoms with van der Waals surface area (Å²) in [5.74, 6) is -7.58. The van der Waals surface area contributed by atoms with Crippen molar-refractivity contribution in [1.29, 1.82) is 0 Å². The highest BCUT2D eigenvalue weighted by atomic mass is 16.6. The van der Waals surface area contributed by atoms with Gasteiger partial charge in [-0.1, -0.05) is 12.8 Å². The average Bonchev–Trinajstić information content (AvgIpc) is 3.08. The number of ether oxygens (including phenoxy) is 8. The van der Waals surface area contributed by atoms with Crippen LogP contribution in [0.2, 0.25) is 0 Å². The van der Waals surface area contributed by atoms with Gasteiger partial charge in [-0.25, -0.2) is 24.0 Å². The Kier molecular flexibility index (Phi) is 25.9. The van der Waals surface area contributed by atoms with E-state index in [-0.39, 0.29) is 44.7 Å². The number of hydrogen-bond acceptors (Lipinski definition) is 18. The summed E-state index contributed by atoms with van der Waals surface area (Å²) in [5, 5.41) is 5.15. The van der Waals surface area contributed by atoms with Gasteiger partial charge in [0.2, 0.25) is 0 Å². The van der Waals surface area contributed by atoms with Gasteiger partial charge in [-0.05, 0) is 32.6 Å². The van der Waals surface area contributed by atoms with Crippen molar-refractivity contribution in [3.63, 3.8) is 0 Å². The molecule has 0 aromatic carbocycles. The van der Waals surface area contributed by atoms with E-state index in [1.54, 1.807) is 0 Å². The van der Waals surface area contributed by atoms with Gasteiger partial charge in [-0.2, -0.15) is 0 Å². The van der Waals surface area contributed by atoms with Crippen LogP contribution >= 0.6 is 0 Å². The Morgan fingerprint density at radius 3 is 1.06 bits per heavy atom. The molecule has 50 heavy (non-hydrogen) atoms. The first-order chi connectivity index (χ1) is 23.8. The molecule has 0 aromatic rings. The SMILES string of the molecule is COCC(=O)OCC(=O)NCCCCCCNC(=O)COC(=O)COC(=O)COC(=O)COC(=O)CCCCC(=O)OCC(=O)OCC(C)=O. The number of nitrogens with one attached hydrogen (secondary N) is 2. The molecule has 0 aromatic heterocycles. The number of carbonyl (C=O) groups is 10. The second-order valence-electron chi connectivity index (χ2n) is 10.1. The Hall–Kier alpha value is -5.14. The van der Waals surface area contributed by atoms with Crippen LogP contribution in [0, 0.1) is 0 Å². The number of ketones is 1. The molecule has 20 nitrogen and oxygen atoms in total. The Morgan fingerprint density at radius 1 is 0.380 bits per heavy atom. The van der Waals surface area contributed by atoms with Gasteiger partial charge >= 0.3 is 41.8 Å². The smallest absolute Gasteiger partial charge is 0.344 e. The van der Waals surface area contributed by atoms with Gasteiger partial charge in [0.15, 0.2) is 45.4 Å². The molecule has 0 rings (SSSR count). The summed E-state index contributed by atoms with van der Waals surface area (Å²) in [6.07, 6.45) is 2.97. The van der Waals surface area contributed by atoms with Crippen molar-refractivity contribution in [2.75, 3.05) is 73.1 Å². The molecule has 0 radical (unpaired) electrons. The zero-order chi connectivity index (χ0) is 37.6. The first-order valence-electron chi connectivity index (χ1n) is 15.4. The van der Waals surface area contributed by atoms with E-state index in [4.69, 9.17) is 9.47 Å². The minimum absolute atomic E-state index is 0.106. The highest BCUT2D eigenvalue weighted by Gasteiger charge is 2.15. The van der Waals surface area contributed by atoms with Crippen molar-refractivity contribution in [3.8, 4) is 0 Å². The summed E-state index contributed by atoms with van der Waals surface area (Å²) in [5.41, 5.74) is 0. The fraction of sp³-hybridized carbons (Fsp3) is 0.667. The maximum atomic E-state index is 11.8. The molecule has 0 fully saturated rings. The molecule has 0 saturated carbocycles. The zero-order valence-corrected chi connectivity index (χ0v) is 28.1. The Balaban J connectivity index is 3.78. The molecule has 0 unspecified atom stereocenters. The van der Waals surface area contributed by atoms with Crippen molar-refractivity contribution in [3.05, 3.63) is 0 Å². The van der Waals surface area contributed by atoms with Crippen LogP contribution < -0.4 is 10.6 Å². The molecule has 0 aliphatic heterocycles. The summed E-state index contributed by atoms with van der Waals surface area (Å²) in [6.45, 7) is -2.90. The highest BCUT2D eigenvalue weighted by Crippen LogP contribution is 2.03. The summed E-state index contributed by atoms with van der Waals surface area (Å²) >= 11 is 0. The van der Waals surface area contributed by atoms with E-state index in [2.05, 4.69) is 39.1 Å². The van der Waals surface area contributed by atoms with Crippen LogP contribution in [0.1, 0.15) is 58.3 Å². The van der Waals surface area contributed by atoms with Crippen LogP contribution in [0.5, 0.6) is 0 Å². The lowest BCUT2D eigenvalue weighted by molar-refractivity contribution is -0.168. The summed E-state index contributed by atoms with van der Waals surface area (Å²) in [7, 11) is 1.33. The number of unbranched alkanes of at least 4 members (excludes halogenated alkanes) is 4. The monoisotopic (exact) mass is 720 g/mol. The quantitative estimate of drug-likeness (QED) is 0.0522. The fourth-order valence-electron chi connectivity index (χ4n) is 3.20. The van der Waals surface area contributed by atoms with Gasteiger partial charge < -0.3 is 48.5 Å². The summed E-state index contributed by atoms with van der Waals surface area (Å²) < 4.78 is 37.0. The molecular formula is C30H44N2O18. The first kappa shape index (κ1) is 44.9. The van der Waals surface area contributed by atoms with Crippen molar-refractivity contribution in [1.82, 2.24) is 10.6 Å². The third kappa shape index (κ3) is 29.0. The molecule has 0 atom stereocenters. The van der Waals surface area contributed by atoms with Gasteiger partial charge in [0.25, 0.3) is 11.8 Å². The molecule has 0 bridgehead atoms. The van der Waals surface area contributed by atoms with Crippen LogP contribution in [0.4, 0.5) is 0 Å². The molecule has 0 aliphatic carbocycles. The second-order valence-corrected chi connectivity index (χ2v) is 10.1. The minimum Gasteiger partial charge on any atom is -0.455 e. The van der Waals surface area contributed by atoms with Gasteiger partial charge in [-0.3, -0.25) is 24.0 Å². The standard InChI is InChI=1S/C30H44N2O18/c1-21(33)13-44-27(39)17-47-24(36)9-5-6-10-25(37)48-18-29(41)50-20-30(42)49-19-28(40)46-15-23(35)32-12-8-4-3-7-11-31-22(34)14-45-26(38)16-43-2/h3-20H2,1-2H3,(H,31,34)(H,32,35). The molecule has 0 saturated heterocycles. The van der Waals surface area contributed by atoms with Crippen molar-refractivity contribution < 1.29 is 85.8 Å². The lowest BCUT2D eigenvalue weighted by Crippen LogP contribution is -2.31. The van der Waals surface area contributed by atoms with Gasteiger partial charge in [0.1, 0.15) is 13.2 Å². The van der Waals surface area contributed by atoms with E-state index in [1.807, 2.05) is 0 Å². The molecule has 2 N–H and O–H groups in total. The molecule has 0 spiro atoms. The van der Waals surface area contributed by atoms with Crippen molar-refractivity contribution >= 4 is 59.4 Å². The van der Waals surface area contributed by atoms with E-state index in [9.17, 15) is 47.9 Å². The third-order valence-electron chi connectivity index (χ3n) is 5.59. The van der Waals surface area contributed by atoms with Crippen LogP contribution in [0.15, 0.2) is 0 Å². The number of Topliss-reactive ketones (excluding diaryl/α,β-unsaturated/α-hetero) is 1. The van der Waals surface area contributed by atoms with E-state index in [0.29, 0.717) is 25.9 Å². The number of esters is 7. The predicted octanol–water partition coefficient (Wildman–Crippen LogP) is -1.62. The molecule has 20 heteroatoms. The molecule has 0 heterocycles. The Bertz CT molecular complexity index is 1150. The van der Waals surface area contributed by atoms with Gasteiger partial charge in [0.05, 0.1) is 0 Å². The topological polar surface area (TPSA) is 269 Å². The highest BCUT2D eigenvalue weighted by molar-refractivity contribution is 5.83. The maximum Gasteiger partial charge on any atom is 0.344 e. The lowest BCUT2D eigenvalue weighted by atomic mass is 10.2. The lowest BCUT2D eigenvalue weighted by Gasteiger charge is -2.08. The maximum absolute atomic E-state index is 11.8. The molecule has 2 amide bonds. The molecule has 0 aliphatic rings. The van der Waals surface area contributed by atoms with E-state index in [0.717, 1.165) is 12.8 Å². The first-order valence-corrected chi connectivity index (χ1v) is 15.4. The van der Waals surface area contributed by atoms with Crippen LogP contribution in [0.25, 0.3) is 0 Å². The fourth-order valence-corrected chi connectivity index (χ4v) is 3.20. The largest absolute Gasteiger partial charge is 0.455 e. The molecule has 282 valence electrons. The third-order valence-corrected chi connectivity index (χ3v) is 5.59. The van der Waals surface area contributed by atoms with E-state index >= 15 is 0 Å². The van der Waals surface area contributed by atoms with Gasteiger partial charge in [-0.15, -0.1) is 0 Å². The van der Waals surface area contributed by atoms with E-state index in [1.165, 1.54) is 14.0 Å². The average molecular weight is 721 g/mol.